The zero-order valence-electron chi connectivity index (χ0n) is 14.2. The number of fused-ring (bicyclic) bond motifs is 3. The minimum atomic E-state index is -0.593. The topological polar surface area (TPSA) is 75.7 Å². The van der Waals surface area contributed by atoms with Crippen molar-refractivity contribution in [1.82, 2.24) is 10.4 Å². The zero-order chi connectivity index (χ0) is 18.9. The third kappa shape index (κ3) is 2.36. The minimum Gasteiger partial charge on any atom is -0.482 e. The number of imide groups is 1. The Hall–Kier alpha value is -2.05. The van der Waals surface area contributed by atoms with Crippen molar-refractivity contribution in [1.29, 1.82) is 0 Å². The van der Waals surface area contributed by atoms with Crippen LogP contribution in [0.3, 0.4) is 0 Å². The fraction of sp³-hybridized carbons (Fsp3) is 0.421. The van der Waals surface area contributed by atoms with E-state index in [0.717, 1.165) is 17.9 Å². The number of hydrazine groups is 1. The molecule has 8 heteroatoms. The molecular formula is C19H16Cl2N2O4. The molecule has 3 fully saturated rings. The van der Waals surface area contributed by atoms with Crippen LogP contribution in [0.1, 0.15) is 12.8 Å². The van der Waals surface area contributed by atoms with Crippen molar-refractivity contribution in [2.75, 3.05) is 6.61 Å². The van der Waals surface area contributed by atoms with Gasteiger partial charge in [-0.1, -0.05) is 35.4 Å². The molecule has 2 bridgehead atoms. The average Bonchev–Trinajstić information content (AvgIpc) is 3.24. The summed E-state index contributed by atoms with van der Waals surface area (Å²) < 4.78 is 5.36. The van der Waals surface area contributed by atoms with Gasteiger partial charge in [-0.05, 0) is 48.3 Å². The molecule has 4 atom stereocenters. The standard InChI is InChI=1S/C19H16Cl2N2O4/c20-9-1-4-13(12(21)7-9)27-8-14(24)22-23-17(25)15-10-2-3-11(16(15)18(23)26)19(10)5-6-19/h1-4,7,10-11,15-16H,5-6,8H2,(H,22,24). The van der Waals surface area contributed by atoms with Crippen LogP contribution < -0.4 is 10.2 Å². The molecule has 5 rings (SSSR count). The Morgan fingerprint density at radius 1 is 1.15 bits per heavy atom. The van der Waals surface area contributed by atoms with Gasteiger partial charge in [0.25, 0.3) is 17.7 Å². The first-order chi connectivity index (χ1) is 12.9. The van der Waals surface area contributed by atoms with Crippen molar-refractivity contribution in [2.45, 2.75) is 12.8 Å². The second-order valence-corrected chi connectivity index (χ2v) is 8.48. The van der Waals surface area contributed by atoms with E-state index in [0.29, 0.717) is 10.8 Å². The number of carbonyl (C=O) groups is 3. The molecule has 3 amide bonds. The number of rotatable bonds is 4. The van der Waals surface area contributed by atoms with Crippen molar-refractivity contribution in [2.24, 2.45) is 29.1 Å². The van der Waals surface area contributed by atoms with E-state index in [1.54, 1.807) is 12.1 Å². The molecule has 6 nitrogen and oxygen atoms in total. The molecule has 1 heterocycles. The van der Waals surface area contributed by atoms with Crippen LogP contribution in [0.25, 0.3) is 0 Å². The number of benzene rings is 1. The van der Waals surface area contributed by atoms with Crippen molar-refractivity contribution in [3.63, 3.8) is 0 Å². The van der Waals surface area contributed by atoms with Crippen LogP contribution in [0.15, 0.2) is 30.4 Å². The highest BCUT2D eigenvalue weighted by Crippen LogP contribution is 2.73. The first kappa shape index (κ1) is 17.1. The molecule has 0 radical (unpaired) electrons. The van der Waals surface area contributed by atoms with Crippen LogP contribution in [0.5, 0.6) is 5.75 Å². The molecule has 2 saturated carbocycles. The average molecular weight is 407 g/mol. The summed E-state index contributed by atoms with van der Waals surface area (Å²) in [6, 6.07) is 4.64. The molecule has 1 aromatic rings. The number of amides is 3. The highest BCUT2D eigenvalue weighted by Gasteiger charge is 2.73. The van der Waals surface area contributed by atoms with E-state index in [2.05, 4.69) is 17.6 Å². The fourth-order valence-corrected chi connectivity index (χ4v) is 5.54. The molecule has 4 aliphatic rings. The Morgan fingerprint density at radius 2 is 1.78 bits per heavy atom. The van der Waals surface area contributed by atoms with E-state index in [1.165, 1.54) is 6.07 Å². The summed E-state index contributed by atoms with van der Waals surface area (Å²) in [7, 11) is 0. The molecule has 3 aliphatic carbocycles. The maximum absolute atomic E-state index is 12.8. The van der Waals surface area contributed by atoms with Gasteiger partial charge < -0.3 is 4.74 Å². The van der Waals surface area contributed by atoms with Crippen LogP contribution in [0.2, 0.25) is 10.0 Å². The quantitative estimate of drug-likeness (QED) is 0.615. The van der Waals surface area contributed by atoms with Gasteiger partial charge >= 0.3 is 0 Å². The number of hydrogen-bond acceptors (Lipinski definition) is 4. The summed E-state index contributed by atoms with van der Waals surface area (Å²) in [4.78, 5) is 37.8. The van der Waals surface area contributed by atoms with Gasteiger partial charge in [-0.15, -0.1) is 0 Å². The molecule has 1 N–H and O–H groups in total. The number of nitrogens with one attached hydrogen (secondary N) is 1. The first-order valence-corrected chi connectivity index (χ1v) is 9.61. The smallest absolute Gasteiger partial charge is 0.276 e. The third-order valence-electron chi connectivity index (χ3n) is 6.34. The molecule has 27 heavy (non-hydrogen) atoms. The Labute approximate surface area is 165 Å². The van der Waals surface area contributed by atoms with E-state index in [9.17, 15) is 14.4 Å². The van der Waals surface area contributed by atoms with Crippen molar-refractivity contribution < 1.29 is 19.1 Å². The van der Waals surface area contributed by atoms with E-state index in [4.69, 9.17) is 27.9 Å². The SMILES string of the molecule is O=C(COc1ccc(Cl)cc1Cl)NN1C(=O)C2C(C1=O)C1C=CC2C12CC2. The monoisotopic (exact) mass is 406 g/mol. The van der Waals surface area contributed by atoms with E-state index in [1.807, 2.05) is 0 Å². The highest BCUT2D eigenvalue weighted by molar-refractivity contribution is 6.35. The minimum absolute atomic E-state index is 0.120. The van der Waals surface area contributed by atoms with Crippen molar-refractivity contribution in [3.8, 4) is 5.75 Å². The van der Waals surface area contributed by atoms with Gasteiger partial charge in [0.05, 0.1) is 16.9 Å². The third-order valence-corrected chi connectivity index (χ3v) is 6.87. The van der Waals surface area contributed by atoms with E-state index >= 15 is 0 Å². The molecule has 1 spiro atoms. The van der Waals surface area contributed by atoms with Crippen molar-refractivity contribution in [3.05, 3.63) is 40.4 Å². The summed E-state index contributed by atoms with van der Waals surface area (Å²) in [5, 5.41) is 1.61. The summed E-state index contributed by atoms with van der Waals surface area (Å²) >= 11 is 11.8. The van der Waals surface area contributed by atoms with Crippen molar-refractivity contribution >= 4 is 40.9 Å². The Bertz CT molecular complexity index is 877. The van der Waals surface area contributed by atoms with Gasteiger partial charge in [0, 0.05) is 5.02 Å². The first-order valence-electron chi connectivity index (χ1n) is 8.86. The van der Waals surface area contributed by atoms with Crippen LogP contribution in [0.4, 0.5) is 0 Å². The number of halogens is 2. The summed E-state index contributed by atoms with van der Waals surface area (Å²) in [5.74, 6) is -1.37. The van der Waals surface area contributed by atoms with Gasteiger partial charge in [0.2, 0.25) is 0 Å². The van der Waals surface area contributed by atoms with Gasteiger partial charge in [-0.2, -0.15) is 5.01 Å². The van der Waals surface area contributed by atoms with Crippen LogP contribution in [0, 0.1) is 29.1 Å². The molecule has 1 aliphatic heterocycles. The zero-order valence-corrected chi connectivity index (χ0v) is 15.7. The van der Waals surface area contributed by atoms with E-state index in [-0.39, 0.29) is 52.5 Å². The predicted molar refractivity (Wildman–Crippen MR) is 96.7 cm³/mol. The van der Waals surface area contributed by atoms with Gasteiger partial charge in [-0.3, -0.25) is 19.8 Å². The Balaban J connectivity index is 1.25. The number of carbonyl (C=O) groups excluding carboxylic acids is 3. The molecule has 1 aromatic carbocycles. The van der Waals surface area contributed by atoms with Crippen LogP contribution in [-0.2, 0) is 14.4 Å². The number of allylic oxidation sites excluding steroid dienone is 2. The normalized spacial score (nSPS) is 31.6. The lowest BCUT2D eigenvalue weighted by Gasteiger charge is -2.22. The Morgan fingerprint density at radius 3 is 2.33 bits per heavy atom. The summed E-state index contributed by atoms with van der Waals surface area (Å²) in [6.07, 6.45) is 6.32. The molecule has 1 saturated heterocycles. The second kappa shape index (κ2) is 5.72. The van der Waals surface area contributed by atoms with Crippen LogP contribution >= 0.6 is 23.2 Å². The number of hydrogen-bond donors (Lipinski definition) is 1. The largest absolute Gasteiger partial charge is 0.482 e. The molecule has 0 aromatic heterocycles. The lowest BCUT2D eigenvalue weighted by atomic mass is 9.85. The highest BCUT2D eigenvalue weighted by atomic mass is 35.5. The molecular weight excluding hydrogens is 391 g/mol. The van der Waals surface area contributed by atoms with Gasteiger partial charge in [0.1, 0.15) is 5.75 Å². The Kier molecular flexibility index (Phi) is 3.62. The number of ether oxygens (including phenoxy) is 1. The second-order valence-electron chi connectivity index (χ2n) is 7.63. The van der Waals surface area contributed by atoms with Crippen LogP contribution in [-0.4, -0.2) is 29.3 Å². The predicted octanol–water partition coefficient (Wildman–Crippen LogP) is 2.60. The molecule has 140 valence electrons. The summed E-state index contributed by atoms with van der Waals surface area (Å²) in [5.41, 5.74) is 2.53. The van der Waals surface area contributed by atoms with Gasteiger partial charge in [0.15, 0.2) is 6.61 Å². The maximum atomic E-state index is 12.8. The lowest BCUT2D eigenvalue weighted by Crippen LogP contribution is -2.49. The van der Waals surface area contributed by atoms with E-state index < -0.39 is 5.91 Å². The summed E-state index contributed by atoms with van der Waals surface area (Å²) in [6.45, 7) is -0.372. The van der Waals surface area contributed by atoms with Gasteiger partial charge in [-0.25, -0.2) is 0 Å². The maximum Gasteiger partial charge on any atom is 0.276 e. The number of nitrogens with zero attached hydrogens (tertiary/aromatic N) is 1. The lowest BCUT2D eigenvalue weighted by molar-refractivity contribution is -0.150. The fourth-order valence-electron chi connectivity index (χ4n) is 5.08. The molecule has 4 unspecified atom stereocenters.